The SMILES string of the molecule is CCC(C)C(C)(C)CCc1[nH]nc2cc(C(=O)OC)ccc12. The van der Waals surface area contributed by atoms with Crippen molar-refractivity contribution in [3.8, 4) is 0 Å². The van der Waals surface area contributed by atoms with E-state index in [2.05, 4.69) is 37.9 Å². The number of nitrogens with zero attached hydrogens (tertiary/aromatic N) is 1. The third-order valence-corrected chi connectivity index (χ3v) is 5.02. The number of rotatable bonds is 6. The van der Waals surface area contributed by atoms with Crippen LogP contribution in [0.3, 0.4) is 0 Å². The van der Waals surface area contributed by atoms with Gasteiger partial charge in [0.1, 0.15) is 0 Å². The van der Waals surface area contributed by atoms with E-state index >= 15 is 0 Å². The highest BCUT2D eigenvalue weighted by Gasteiger charge is 2.24. The second kappa shape index (κ2) is 6.51. The van der Waals surface area contributed by atoms with Crippen molar-refractivity contribution >= 4 is 16.9 Å². The van der Waals surface area contributed by atoms with Gasteiger partial charge in [0.25, 0.3) is 0 Å². The number of fused-ring (bicyclic) bond motifs is 1. The summed E-state index contributed by atoms with van der Waals surface area (Å²) in [7, 11) is 1.39. The number of aromatic nitrogens is 2. The summed E-state index contributed by atoms with van der Waals surface area (Å²) < 4.78 is 4.75. The van der Waals surface area contributed by atoms with E-state index in [-0.39, 0.29) is 5.97 Å². The quantitative estimate of drug-likeness (QED) is 0.807. The van der Waals surface area contributed by atoms with Crippen LogP contribution in [0.15, 0.2) is 18.2 Å². The Kier molecular flexibility index (Phi) is 4.89. The molecule has 22 heavy (non-hydrogen) atoms. The van der Waals surface area contributed by atoms with E-state index < -0.39 is 0 Å². The van der Waals surface area contributed by atoms with E-state index in [4.69, 9.17) is 4.74 Å². The van der Waals surface area contributed by atoms with E-state index in [1.807, 2.05) is 6.07 Å². The van der Waals surface area contributed by atoms with Gasteiger partial charge < -0.3 is 4.74 Å². The third kappa shape index (κ3) is 3.32. The standard InChI is InChI=1S/C18H26N2O2/c1-6-12(2)18(3,4)10-9-15-14-8-7-13(17(21)22-5)11-16(14)20-19-15/h7-8,11-12H,6,9-10H2,1-5H3,(H,19,20). The van der Waals surface area contributed by atoms with Gasteiger partial charge in [-0.05, 0) is 36.3 Å². The Bertz CT molecular complexity index is 658. The van der Waals surface area contributed by atoms with Gasteiger partial charge in [-0.25, -0.2) is 4.79 Å². The van der Waals surface area contributed by atoms with E-state index in [9.17, 15) is 4.79 Å². The minimum atomic E-state index is -0.329. The van der Waals surface area contributed by atoms with Crippen molar-refractivity contribution < 1.29 is 9.53 Å². The van der Waals surface area contributed by atoms with Crippen LogP contribution in [0, 0.1) is 11.3 Å². The molecule has 0 spiro atoms. The highest BCUT2D eigenvalue weighted by molar-refractivity contribution is 5.94. The van der Waals surface area contributed by atoms with Crippen LogP contribution in [0.2, 0.25) is 0 Å². The summed E-state index contributed by atoms with van der Waals surface area (Å²) in [5.74, 6) is 0.358. The van der Waals surface area contributed by atoms with Crippen LogP contribution in [0.4, 0.5) is 0 Å². The van der Waals surface area contributed by atoms with Crippen molar-refractivity contribution in [3.05, 3.63) is 29.5 Å². The van der Waals surface area contributed by atoms with Crippen molar-refractivity contribution in [1.29, 1.82) is 0 Å². The van der Waals surface area contributed by atoms with Crippen molar-refractivity contribution in [2.75, 3.05) is 7.11 Å². The van der Waals surface area contributed by atoms with Crippen LogP contribution in [0.5, 0.6) is 0 Å². The van der Waals surface area contributed by atoms with Crippen LogP contribution in [0.1, 0.15) is 56.6 Å². The number of methoxy groups -OCH3 is 1. The number of hydrogen-bond donors (Lipinski definition) is 1. The second-order valence-corrected chi connectivity index (χ2v) is 6.72. The first-order valence-electron chi connectivity index (χ1n) is 7.94. The number of aromatic amines is 1. The summed E-state index contributed by atoms with van der Waals surface area (Å²) in [5, 5.41) is 8.54. The molecule has 4 heteroatoms. The Balaban J connectivity index is 2.18. The lowest BCUT2D eigenvalue weighted by Gasteiger charge is -2.31. The number of aryl methyl sites for hydroxylation is 1. The molecule has 4 nitrogen and oxygen atoms in total. The van der Waals surface area contributed by atoms with Gasteiger partial charge in [-0.2, -0.15) is 5.10 Å². The molecule has 0 saturated carbocycles. The molecule has 2 aromatic rings. The van der Waals surface area contributed by atoms with Crippen molar-refractivity contribution in [2.45, 2.75) is 47.0 Å². The molecule has 0 radical (unpaired) electrons. The normalized spacial score (nSPS) is 13.3. The van der Waals surface area contributed by atoms with Gasteiger partial charge >= 0.3 is 5.97 Å². The van der Waals surface area contributed by atoms with E-state index in [0.29, 0.717) is 16.9 Å². The molecular weight excluding hydrogens is 276 g/mol. The number of ether oxygens (including phenoxy) is 1. The lowest BCUT2D eigenvalue weighted by atomic mass is 9.75. The molecule has 0 saturated heterocycles. The first-order valence-corrected chi connectivity index (χ1v) is 7.94. The average Bonchev–Trinajstić information content (AvgIpc) is 2.93. The predicted octanol–water partition coefficient (Wildman–Crippen LogP) is 4.35. The molecule has 0 bridgehead atoms. The van der Waals surface area contributed by atoms with Gasteiger partial charge in [-0.15, -0.1) is 0 Å². The molecule has 0 aliphatic heterocycles. The lowest BCUT2D eigenvalue weighted by Crippen LogP contribution is -2.21. The first-order chi connectivity index (χ1) is 10.4. The maximum Gasteiger partial charge on any atom is 0.337 e. The molecule has 1 aromatic carbocycles. The van der Waals surface area contributed by atoms with Gasteiger partial charge in [-0.1, -0.05) is 40.2 Å². The smallest absolute Gasteiger partial charge is 0.337 e. The Morgan fingerprint density at radius 3 is 2.77 bits per heavy atom. The number of esters is 1. The Morgan fingerprint density at radius 2 is 2.14 bits per heavy atom. The first kappa shape index (κ1) is 16.5. The largest absolute Gasteiger partial charge is 0.465 e. The predicted molar refractivity (Wildman–Crippen MR) is 89.0 cm³/mol. The van der Waals surface area contributed by atoms with Crippen LogP contribution < -0.4 is 0 Å². The molecule has 120 valence electrons. The number of nitrogens with one attached hydrogen (secondary N) is 1. The fraction of sp³-hybridized carbons (Fsp3) is 0.556. The highest BCUT2D eigenvalue weighted by Crippen LogP contribution is 2.34. The molecular formula is C18H26N2O2. The number of benzene rings is 1. The maximum atomic E-state index is 11.6. The molecule has 1 unspecified atom stereocenters. The van der Waals surface area contributed by atoms with Crippen LogP contribution in [0.25, 0.3) is 10.9 Å². The maximum absolute atomic E-state index is 11.6. The Morgan fingerprint density at radius 1 is 1.41 bits per heavy atom. The molecule has 1 heterocycles. The molecule has 1 N–H and O–H groups in total. The second-order valence-electron chi connectivity index (χ2n) is 6.72. The zero-order valence-electron chi connectivity index (χ0n) is 14.2. The van der Waals surface area contributed by atoms with E-state index in [1.54, 1.807) is 12.1 Å². The molecule has 1 aromatic heterocycles. The minimum absolute atomic E-state index is 0.304. The molecule has 0 aliphatic rings. The number of carbonyl (C=O) groups is 1. The van der Waals surface area contributed by atoms with Gasteiger partial charge in [-0.3, -0.25) is 5.10 Å². The Hall–Kier alpha value is -1.84. The lowest BCUT2D eigenvalue weighted by molar-refractivity contribution is 0.0601. The summed E-state index contributed by atoms with van der Waals surface area (Å²) in [4.78, 5) is 11.6. The summed E-state index contributed by atoms with van der Waals surface area (Å²) >= 11 is 0. The number of hydrogen-bond acceptors (Lipinski definition) is 3. The van der Waals surface area contributed by atoms with Crippen LogP contribution in [-0.2, 0) is 11.2 Å². The van der Waals surface area contributed by atoms with Crippen LogP contribution >= 0.6 is 0 Å². The fourth-order valence-corrected chi connectivity index (χ4v) is 2.75. The third-order valence-electron chi connectivity index (χ3n) is 5.02. The zero-order chi connectivity index (χ0) is 16.3. The average molecular weight is 302 g/mol. The summed E-state index contributed by atoms with van der Waals surface area (Å²) in [6.07, 6.45) is 3.27. The number of carbonyl (C=O) groups excluding carboxylic acids is 1. The summed E-state index contributed by atoms with van der Waals surface area (Å²) in [6, 6.07) is 5.53. The van der Waals surface area contributed by atoms with Gasteiger partial charge in [0.2, 0.25) is 0 Å². The summed E-state index contributed by atoms with van der Waals surface area (Å²) in [5.41, 5.74) is 2.80. The summed E-state index contributed by atoms with van der Waals surface area (Å²) in [6.45, 7) is 9.21. The van der Waals surface area contributed by atoms with Crippen LogP contribution in [-0.4, -0.2) is 23.3 Å². The van der Waals surface area contributed by atoms with E-state index in [1.165, 1.54) is 13.5 Å². The van der Waals surface area contributed by atoms with Gasteiger partial charge in [0, 0.05) is 11.1 Å². The number of H-pyrrole nitrogens is 1. The van der Waals surface area contributed by atoms with E-state index in [0.717, 1.165) is 29.4 Å². The Labute approximate surface area is 132 Å². The topological polar surface area (TPSA) is 55.0 Å². The molecule has 2 rings (SSSR count). The zero-order valence-corrected chi connectivity index (χ0v) is 14.2. The molecule has 1 atom stereocenters. The highest BCUT2D eigenvalue weighted by atomic mass is 16.5. The fourth-order valence-electron chi connectivity index (χ4n) is 2.75. The van der Waals surface area contributed by atoms with Crippen molar-refractivity contribution in [2.24, 2.45) is 11.3 Å². The molecule has 0 amide bonds. The molecule has 0 aliphatic carbocycles. The van der Waals surface area contributed by atoms with Gasteiger partial charge in [0.05, 0.1) is 18.2 Å². The van der Waals surface area contributed by atoms with Gasteiger partial charge in [0.15, 0.2) is 0 Å². The van der Waals surface area contributed by atoms with Crippen molar-refractivity contribution in [3.63, 3.8) is 0 Å². The minimum Gasteiger partial charge on any atom is -0.465 e. The van der Waals surface area contributed by atoms with Crippen molar-refractivity contribution in [1.82, 2.24) is 10.2 Å². The monoisotopic (exact) mass is 302 g/mol. The molecule has 0 fully saturated rings.